The molecule has 0 aromatic heterocycles. The van der Waals surface area contributed by atoms with Crippen LogP contribution in [0.4, 0.5) is 4.39 Å². The van der Waals surface area contributed by atoms with Crippen LogP contribution in [0.3, 0.4) is 0 Å². The molecule has 0 spiro atoms. The van der Waals surface area contributed by atoms with Crippen LogP contribution in [0.1, 0.15) is 56.9 Å². The summed E-state index contributed by atoms with van der Waals surface area (Å²) in [4.78, 5) is 51.0. The molecule has 0 saturated carbocycles. The molecule has 1 aliphatic heterocycles. The first-order valence-corrected chi connectivity index (χ1v) is 15.7. The molecule has 1 saturated heterocycles. The highest BCUT2D eigenvalue weighted by Gasteiger charge is 2.68. The van der Waals surface area contributed by atoms with Crippen molar-refractivity contribution in [2.75, 3.05) is 12.9 Å². The van der Waals surface area contributed by atoms with Crippen LogP contribution in [0.2, 0.25) is 0 Å². The Bertz CT molecular complexity index is 1610. The molecule has 46 heavy (non-hydrogen) atoms. The molecular formula is C33H34FO11S. The number of allylic oxidation sites excluding steroid dienone is 2. The minimum atomic E-state index is -2.53. The minimum Gasteiger partial charge on any atom is -0.612 e. The van der Waals surface area contributed by atoms with Gasteiger partial charge in [-0.05, 0) is 96.2 Å². The highest BCUT2D eigenvalue weighted by Crippen LogP contribution is 2.49. The lowest BCUT2D eigenvalue weighted by Crippen LogP contribution is -2.71. The van der Waals surface area contributed by atoms with Crippen LogP contribution in [-0.4, -0.2) is 70.1 Å². The number of carbonyl (C=O) groups excluding carboxylic acids is 4. The maximum atomic E-state index is 15.0. The second-order valence-corrected chi connectivity index (χ2v) is 12.2. The molecule has 0 amide bonds. The Hall–Kier alpha value is -4.04. The summed E-state index contributed by atoms with van der Waals surface area (Å²) in [6.45, 7) is 6.49. The number of halogens is 1. The van der Waals surface area contributed by atoms with Gasteiger partial charge in [-0.1, -0.05) is 6.07 Å². The van der Waals surface area contributed by atoms with Crippen molar-refractivity contribution in [3.63, 3.8) is 0 Å². The molecule has 0 bridgehead atoms. The van der Waals surface area contributed by atoms with Crippen LogP contribution in [0.5, 0.6) is 0 Å². The summed E-state index contributed by atoms with van der Waals surface area (Å²) < 4.78 is 55.4. The summed E-state index contributed by atoms with van der Waals surface area (Å²) in [5.41, 5.74) is 0.465. The van der Waals surface area contributed by atoms with Crippen molar-refractivity contribution in [3.8, 4) is 0 Å². The van der Waals surface area contributed by atoms with Crippen LogP contribution < -0.4 is 0 Å². The van der Waals surface area contributed by atoms with E-state index in [1.54, 1.807) is 50.4 Å². The highest BCUT2D eigenvalue weighted by atomic mass is 32.2. The Morgan fingerprint density at radius 2 is 1.63 bits per heavy atom. The number of aliphatic hydroxyl groups excluding tert-OH is 1. The third-order valence-electron chi connectivity index (χ3n) is 7.64. The first-order chi connectivity index (χ1) is 21.6. The van der Waals surface area contributed by atoms with E-state index in [1.807, 2.05) is 6.08 Å². The normalized spacial score (nSPS) is 24.3. The molecule has 5 atom stereocenters. The van der Waals surface area contributed by atoms with Crippen molar-refractivity contribution in [1.82, 2.24) is 0 Å². The predicted octanol–water partition coefficient (Wildman–Crippen LogP) is 3.81. The van der Waals surface area contributed by atoms with Gasteiger partial charge in [-0.25, -0.2) is 4.39 Å². The zero-order valence-corrected chi connectivity index (χ0v) is 27.1. The van der Waals surface area contributed by atoms with Crippen molar-refractivity contribution in [3.05, 3.63) is 76.3 Å². The van der Waals surface area contributed by atoms with Gasteiger partial charge in [-0.2, -0.15) is 0 Å². The molecule has 1 radical (unpaired) electrons. The van der Waals surface area contributed by atoms with Crippen molar-refractivity contribution < 1.29 is 56.9 Å². The summed E-state index contributed by atoms with van der Waals surface area (Å²) in [6.07, 6.45) is -2.39. The van der Waals surface area contributed by atoms with E-state index in [0.29, 0.717) is 27.2 Å². The molecule has 1 aliphatic carbocycles. The van der Waals surface area contributed by atoms with Crippen LogP contribution in [0.15, 0.2) is 46.9 Å². The molecular weight excluding hydrogens is 623 g/mol. The summed E-state index contributed by atoms with van der Waals surface area (Å²) in [7, 11) is 0. The van der Waals surface area contributed by atoms with Crippen molar-refractivity contribution >= 4 is 52.3 Å². The zero-order chi connectivity index (χ0) is 34.1. The smallest absolute Gasteiger partial charge is 0.324 e. The van der Waals surface area contributed by atoms with Gasteiger partial charge in [0.15, 0.2) is 16.8 Å². The SMILES string of the molecule is CC(=O)O[C@@H]1[C@@H](CO)O[C](OC2=C(C)C(=Cc3ccc([S+](C)[O-])cc3)c3ccc(F)c(C)c32)[C@H](OC(C)=O)[C@]1(OC(C)=O)C(C)=O. The number of hydrogen-bond donors (Lipinski definition) is 1. The predicted molar refractivity (Wildman–Crippen MR) is 163 cm³/mol. The van der Waals surface area contributed by atoms with E-state index < -0.39 is 77.5 Å². The summed E-state index contributed by atoms with van der Waals surface area (Å²) in [5.74, 6) is -4.22. The quantitative estimate of drug-likeness (QED) is 0.238. The average Bonchev–Trinajstić information content (AvgIpc) is 3.23. The molecule has 1 heterocycles. The van der Waals surface area contributed by atoms with E-state index in [-0.39, 0.29) is 11.3 Å². The maximum absolute atomic E-state index is 15.0. The molecule has 13 heteroatoms. The van der Waals surface area contributed by atoms with Crippen LogP contribution in [0.25, 0.3) is 17.4 Å². The Balaban J connectivity index is 1.91. The Labute approximate surface area is 268 Å². The van der Waals surface area contributed by atoms with Gasteiger partial charge in [0.05, 0.1) is 6.61 Å². The number of hydrogen-bond acceptors (Lipinski definition) is 11. The van der Waals surface area contributed by atoms with Crippen molar-refractivity contribution in [2.45, 2.75) is 70.4 Å². The lowest BCUT2D eigenvalue weighted by Gasteiger charge is -2.49. The molecule has 1 unspecified atom stereocenters. The number of aliphatic hydroxyl groups is 1. The monoisotopic (exact) mass is 657 g/mol. The lowest BCUT2D eigenvalue weighted by molar-refractivity contribution is -0.277. The molecule has 1 N–H and O–H groups in total. The first-order valence-electron chi connectivity index (χ1n) is 14.2. The maximum Gasteiger partial charge on any atom is 0.324 e. The number of esters is 3. The third-order valence-corrected chi connectivity index (χ3v) is 8.57. The van der Waals surface area contributed by atoms with Crippen molar-refractivity contribution in [1.29, 1.82) is 0 Å². The van der Waals surface area contributed by atoms with Crippen LogP contribution in [0, 0.1) is 19.0 Å². The third kappa shape index (κ3) is 6.59. The van der Waals surface area contributed by atoms with E-state index in [1.165, 1.54) is 6.07 Å². The van der Waals surface area contributed by atoms with E-state index in [0.717, 1.165) is 33.3 Å². The second kappa shape index (κ2) is 13.8. The molecule has 2 aromatic carbocycles. The van der Waals surface area contributed by atoms with Gasteiger partial charge < -0.3 is 33.3 Å². The van der Waals surface area contributed by atoms with Gasteiger partial charge in [-0.3, -0.25) is 19.2 Å². The van der Waals surface area contributed by atoms with E-state index in [9.17, 15) is 28.8 Å². The van der Waals surface area contributed by atoms with E-state index in [2.05, 4.69) is 0 Å². The fourth-order valence-electron chi connectivity index (χ4n) is 5.59. The van der Waals surface area contributed by atoms with Crippen LogP contribution in [-0.2, 0) is 54.0 Å². The first kappa shape index (κ1) is 34.8. The molecule has 4 rings (SSSR count). The minimum absolute atomic E-state index is 0.0691. The zero-order valence-electron chi connectivity index (χ0n) is 26.3. The lowest BCUT2D eigenvalue weighted by atomic mass is 9.80. The number of benzene rings is 2. The summed E-state index contributed by atoms with van der Waals surface area (Å²) in [5, 5.41) is 10.3. The standard InChI is InChI=1S/C33H34FO11S/c1-16-25(14-22-8-10-23(11-9-22)46(7)40)24-12-13-26(34)17(2)28(24)29(16)44-32-31(42-20(5)38)33(18(3)36,45-21(6)39)30(41-19(4)37)27(15-35)43-32/h8-14,27,30-31,35H,15H2,1-7H3/t27-,30-,31+,33+,46?/m1/s1. The van der Waals surface area contributed by atoms with Gasteiger partial charge in [0.2, 0.25) is 6.10 Å². The Kier molecular flexibility index (Phi) is 10.4. The molecule has 245 valence electrons. The van der Waals surface area contributed by atoms with Crippen LogP contribution >= 0.6 is 0 Å². The largest absolute Gasteiger partial charge is 0.612 e. The number of carbonyl (C=O) groups is 4. The summed E-state index contributed by atoms with van der Waals surface area (Å²) in [6, 6.07) is 9.89. The second-order valence-electron chi connectivity index (χ2n) is 10.9. The topological polar surface area (TPSA) is 158 Å². The highest BCUT2D eigenvalue weighted by molar-refractivity contribution is 7.90. The fraction of sp³-hybridized carbons (Fsp3) is 0.364. The van der Waals surface area contributed by atoms with Crippen molar-refractivity contribution in [2.24, 2.45) is 0 Å². The molecule has 2 aromatic rings. The number of ether oxygens (including phenoxy) is 5. The Morgan fingerprint density at radius 1 is 1.00 bits per heavy atom. The average molecular weight is 658 g/mol. The number of Topliss-reactive ketones (excluding diaryl/α,β-unsaturated/α-hetero) is 1. The number of rotatable bonds is 9. The Morgan fingerprint density at radius 3 is 2.15 bits per heavy atom. The summed E-state index contributed by atoms with van der Waals surface area (Å²) >= 11 is -1.18. The van der Waals surface area contributed by atoms with Gasteiger partial charge in [0.1, 0.15) is 23.9 Å². The molecule has 11 nitrogen and oxygen atoms in total. The van der Waals surface area contributed by atoms with E-state index in [4.69, 9.17) is 23.7 Å². The molecule has 2 aliphatic rings. The van der Waals surface area contributed by atoms with E-state index >= 15 is 4.39 Å². The number of ketones is 1. The number of fused-ring (bicyclic) bond motifs is 1. The fourth-order valence-corrected chi connectivity index (χ4v) is 6.10. The van der Waals surface area contributed by atoms with Gasteiger partial charge in [-0.15, -0.1) is 0 Å². The molecule has 1 fully saturated rings. The van der Waals surface area contributed by atoms with Gasteiger partial charge in [0, 0.05) is 26.3 Å². The van der Waals surface area contributed by atoms with Gasteiger partial charge in [0.25, 0.3) is 5.60 Å². The van der Waals surface area contributed by atoms with Gasteiger partial charge >= 0.3 is 24.2 Å².